The maximum atomic E-state index is 5.50. The van der Waals surface area contributed by atoms with Gasteiger partial charge < -0.3 is 15.2 Å². The van der Waals surface area contributed by atoms with Gasteiger partial charge in [0.05, 0.1) is 12.2 Å². The average molecular weight is 546 g/mol. The van der Waals surface area contributed by atoms with E-state index in [9.17, 15) is 0 Å². The predicted octanol–water partition coefficient (Wildman–Crippen LogP) is 4.83. The van der Waals surface area contributed by atoms with Gasteiger partial charge in [0.15, 0.2) is 11.7 Å². The second kappa shape index (κ2) is 13.3. The van der Waals surface area contributed by atoms with Gasteiger partial charge in [-0.1, -0.05) is 25.1 Å². The first-order valence-electron chi connectivity index (χ1n) is 10.9. The van der Waals surface area contributed by atoms with Crippen LogP contribution in [0.4, 0.5) is 0 Å². The van der Waals surface area contributed by atoms with Gasteiger partial charge in [-0.15, -0.1) is 35.3 Å². The Morgan fingerprint density at radius 3 is 2.90 bits per heavy atom. The van der Waals surface area contributed by atoms with Crippen LogP contribution >= 0.6 is 35.3 Å². The molecule has 2 N–H and O–H groups in total. The van der Waals surface area contributed by atoms with Gasteiger partial charge in [0.2, 0.25) is 0 Å². The van der Waals surface area contributed by atoms with E-state index in [-0.39, 0.29) is 24.0 Å². The van der Waals surface area contributed by atoms with Gasteiger partial charge in [-0.3, -0.25) is 9.89 Å². The second-order valence-electron chi connectivity index (χ2n) is 7.86. The number of aliphatic imine (C=N–C) groups is 1. The summed E-state index contributed by atoms with van der Waals surface area (Å²) >= 11 is 1.85. The fourth-order valence-electron chi connectivity index (χ4n) is 4.03. The molecular formula is C22H36IN5OS. The molecule has 0 bridgehead atoms. The van der Waals surface area contributed by atoms with Gasteiger partial charge in [0.25, 0.3) is 0 Å². The highest BCUT2D eigenvalue weighted by molar-refractivity contribution is 14.0. The summed E-state index contributed by atoms with van der Waals surface area (Å²) in [5, 5.41) is 13.3. The zero-order valence-corrected chi connectivity index (χ0v) is 21.5. The number of halogens is 1. The van der Waals surface area contributed by atoms with Crippen molar-refractivity contribution in [3.63, 3.8) is 0 Å². The lowest BCUT2D eigenvalue weighted by molar-refractivity contribution is 0.169. The first-order chi connectivity index (χ1) is 14.2. The van der Waals surface area contributed by atoms with Crippen LogP contribution in [0.5, 0.6) is 0 Å². The molecule has 0 spiro atoms. The molecule has 1 saturated heterocycles. The minimum Gasteiger partial charge on any atom is -0.359 e. The van der Waals surface area contributed by atoms with E-state index in [1.807, 2.05) is 18.4 Å². The third-order valence-electron chi connectivity index (χ3n) is 5.76. The van der Waals surface area contributed by atoms with E-state index in [0.717, 1.165) is 49.9 Å². The van der Waals surface area contributed by atoms with Crippen molar-refractivity contribution in [1.29, 1.82) is 0 Å². The molecule has 3 heterocycles. The molecule has 1 aliphatic heterocycles. The fraction of sp³-hybridized carbons (Fsp3) is 0.636. The van der Waals surface area contributed by atoms with Crippen LogP contribution in [0.3, 0.4) is 0 Å². The molecule has 0 radical (unpaired) electrons. The molecule has 0 aromatic carbocycles. The van der Waals surface area contributed by atoms with E-state index in [0.29, 0.717) is 18.4 Å². The molecule has 3 rings (SSSR count). The number of nitrogens with one attached hydrogen (secondary N) is 2. The van der Waals surface area contributed by atoms with Gasteiger partial charge in [0.1, 0.15) is 0 Å². The Labute approximate surface area is 201 Å². The van der Waals surface area contributed by atoms with E-state index in [4.69, 9.17) is 4.52 Å². The summed E-state index contributed by atoms with van der Waals surface area (Å²) in [6, 6.07) is 6.44. The molecule has 8 heteroatoms. The van der Waals surface area contributed by atoms with Crippen molar-refractivity contribution >= 4 is 41.3 Å². The van der Waals surface area contributed by atoms with E-state index in [1.165, 1.54) is 24.3 Å². The first-order valence-corrected chi connectivity index (χ1v) is 11.7. The highest BCUT2D eigenvalue weighted by atomic mass is 127. The van der Waals surface area contributed by atoms with E-state index >= 15 is 0 Å². The summed E-state index contributed by atoms with van der Waals surface area (Å²) in [5.74, 6) is 2.80. The number of likely N-dealkylation sites (tertiary alicyclic amines) is 1. The van der Waals surface area contributed by atoms with Crippen molar-refractivity contribution in [2.24, 2.45) is 10.9 Å². The van der Waals surface area contributed by atoms with Crippen molar-refractivity contribution in [1.82, 2.24) is 20.7 Å². The lowest BCUT2D eigenvalue weighted by Gasteiger charge is -2.32. The molecule has 0 saturated carbocycles. The summed E-state index contributed by atoms with van der Waals surface area (Å²) in [4.78, 5) is 8.39. The largest absolute Gasteiger partial charge is 0.359 e. The first kappa shape index (κ1) is 25.1. The summed E-state index contributed by atoms with van der Waals surface area (Å²) < 4.78 is 5.50. The van der Waals surface area contributed by atoms with Gasteiger partial charge in [-0.25, -0.2) is 0 Å². The van der Waals surface area contributed by atoms with Crippen LogP contribution in [0.2, 0.25) is 0 Å². The minimum atomic E-state index is 0. The summed E-state index contributed by atoms with van der Waals surface area (Å²) in [6.45, 7) is 9.34. The Morgan fingerprint density at radius 2 is 2.20 bits per heavy atom. The number of nitrogens with zero attached hydrogens (tertiary/aromatic N) is 3. The fourth-order valence-corrected chi connectivity index (χ4v) is 4.77. The van der Waals surface area contributed by atoms with Gasteiger partial charge in [-0.05, 0) is 49.6 Å². The van der Waals surface area contributed by atoms with Crippen molar-refractivity contribution in [3.05, 3.63) is 39.9 Å². The highest BCUT2D eigenvalue weighted by Crippen LogP contribution is 2.22. The van der Waals surface area contributed by atoms with Crippen molar-refractivity contribution in [3.8, 4) is 0 Å². The Morgan fingerprint density at radius 1 is 1.37 bits per heavy atom. The zero-order valence-electron chi connectivity index (χ0n) is 18.4. The number of hydrogen-bond acceptors (Lipinski definition) is 5. The Balaban J connectivity index is 0.00000320. The average Bonchev–Trinajstić information content (AvgIpc) is 3.42. The van der Waals surface area contributed by atoms with Crippen molar-refractivity contribution < 1.29 is 4.52 Å². The molecule has 1 fully saturated rings. The number of guanidine groups is 1. The molecule has 6 nitrogen and oxygen atoms in total. The molecular weight excluding hydrogens is 509 g/mol. The van der Waals surface area contributed by atoms with E-state index in [2.05, 4.69) is 63.1 Å². The smallest absolute Gasteiger partial charge is 0.191 e. The standard InChI is InChI=1S/C22H35N5OS.HI/c1-4-18(5-2)21-12-19(28-26-21)14-25-22(23-3)24-13-17-8-6-10-27(15-17)16-20-9-7-11-29-20;/h7,9,11-12,17-18H,4-6,8,10,13-16H2,1-3H3,(H2,23,24,25);1H. The zero-order chi connectivity index (χ0) is 20.5. The minimum absolute atomic E-state index is 0. The molecule has 1 atom stereocenters. The number of rotatable bonds is 9. The number of thiophene rings is 1. The third kappa shape index (κ3) is 7.53. The lowest BCUT2D eigenvalue weighted by Crippen LogP contribution is -2.44. The van der Waals surface area contributed by atoms with Crippen LogP contribution in [-0.2, 0) is 13.1 Å². The van der Waals surface area contributed by atoms with Crippen LogP contribution < -0.4 is 10.6 Å². The Hall–Kier alpha value is -1.13. The predicted molar refractivity (Wildman–Crippen MR) is 136 cm³/mol. The normalized spacial score (nSPS) is 17.7. The molecule has 168 valence electrons. The Kier molecular flexibility index (Phi) is 11.2. The SMILES string of the molecule is CCC(CC)c1cc(CNC(=NC)NCC2CCCN(Cc3cccs3)C2)on1.I. The van der Waals surface area contributed by atoms with E-state index < -0.39 is 0 Å². The van der Waals surface area contributed by atoms with Gasteiger partial charge in [-0.2, -0.15) is 0 Å². The molecule has 1 unspecified atom stereocenters. The number of piperidine rings is 1. The van der Waals surface area contributed by atoms with Crippen LogP contribution in [-0.4, -0.2) is 42.7 Å². The van der Waals surface area contributed by atoms with Crippen molar-refractivity contribution in [2.45, 2.75) is 58.5 Å². The van der Waals surface area contributed by atoms with Crippen LogP contribution in [0.15, 0.2) is 33.1 Å². The maximum absolute atomic E-state index is 5.50. The van der Waals surface area contributed by atoms with Crippen molar-refractivity contribution in [2.75, 3.05) is 26.7 Å². The molecule has 1 aliphatic rings. The summed E-state index contributed by atoms with van der Waals surface area (Å²) in [6.07, 6.45) is 4.71. The van der Waals surface area contributed by atoms with Crippen LogP contribution in [0.1, 0.15) is 61.8 Å². The molecule has 2 aromatic rings. The summed E-state index contributed by atoms with van der Waals surface area (Å²) in [5.41, 5.74) is 1.06. The number of aromatic nitrogens is 1. The van der Waals surface area contributed by atoms with Crippen LogP contribution in [0.25, 0.3) is 0 Å². The second-order valence-corrected chi connectivity index (χ2v) is 8.89. The molecule has 0 amide bonds. The van der Waals surface area contributed by atoms with Crippen LogP contribution in [0, 0.1) is 5.92 Å². The monoisotopic (exact) mass is 545 g/mol. The highest BCUT2D eigenvalue weighted by Gasteiger charge is 2.20. The number of hydrogen-bond donors (Lipinski definition) is 2. The molecule has 2 aromatic heterocycles. The lowest BCUT2D eigenvalue weighted by atomic mass is 9.98. The third-order valence-corrected chi connectivity index (χ3v) is 6.62. The Bertz CT molecular complexity index is 745. The van der Waals surface area contributed by atoms with Gasteiger partial charge >= 0.3 is 0 Å². The van der Waals surface area contributed by atoms with E-state index in [1.54, 1.807) is 0 Å². The molecule has 30 heavy (non-hydrogen) atoms. The molecule has 0 aliphatic carbocycles. The maximum Gasteiger partial charge on any atom is 0.191 e. The van der Waals surface area contributed by atoms with Gasteiger partial charge in [0, 0.05) is 43.5 Å². The topological polar surface area (TPSA) is 65.7 Å². The summed E-state index contributed by atoms with van der Waals surface area (Å²) in [7, 11) is 1.81. The quantitative estimate of drug-likeness (QED) is 0.269.